The van der Waals surface area contributed by atoms with Crippen LogP contribution >= 0.6 is 0 Å². The molecule has 0 saturated heterocycles. The van der Waals surface area contributed by atoms with Crippen LogP contribution in [0.15, 0.2) is 0 Å². The summed E-state index contributed by atoms with van der Waals surface area (Å²) in [4.78, 5) is 16.3. The molecule has 23 heavy (non-hydrogen) atoms. The fourth-order valence-electron chi connectivity index (χ4n) is 3.09. The van der Waals surface area contributed by atoms with Gasteiger partial charge in [0.05, 0.1) is 6.54 Å². The fraction of sp³-hybridized carbons (Fsp3) is 0.812. The summed E-state index contributed by atoms with van der Waals surface area (Å²) in [5, 5.41) is 11.6. The molecule has 2 heterocycles. The summed E-state index contributed by atoms with van der Waals surface area (Å²) < 4.78 is 2.13. The third-order valence-electron chi connectivity index (χ3n) is 4.08. The summed E-state index contributed by atoms with van der Waals surface area (Å²) in [6.07, 6.45) is 3.08. The second-order valence-corrected chi connectivity index (χ2v) is 7.18. The lowest BCUT2D eigenvalue weighted by atomic mass is 10.0. The number of nitrogens with zero attached hydrogens (tertiary/aromatic N) is 5. The fourth-order valence-corrected chi connectivity index (χ4v) is 3.09. The van der Waals surface area contributed by atoms with E-state index < -0.39 is 0 Å². The molecule has 1 aliphatic rings. The Bertz CT molecular complexity index is 515. The number of carbonyl (C=O) groups excluding carboxylic acids is 1. The first-order valence-electron chi connectivity index (χ1n) is 8.44. The SMILES string of the molecule is CC(C)C[C@H](CN(C)C)NC(=O)N(C)Cc1nnc2n1CCC2. The van der Waals surface area contributed by atoms with Gasteiger partial charge in [-0.2, -0.15) is 0 Å². The minimum atomic E-state index is -0.0483. The highest BCUT2D eigenvalue weighted by Crippen LogP contribution is 2.15. The number of hydrogen-bond acceptors (Lipinski definition) is 4. The number of likely N-dealkylation sites (N-methyl/N-ethyl adjacent to an activating group) is 1. The van der Waals surface area contributed by atoms with E-state index in [2.05, 4.69) is 38.8 Å². The van der Waals surface area contributed by atoms with E-state index in [1.54, 1.807) is 4.90 Å². The Labute approximate surface area is 139 Å². The molecule has 2 amide bonds. The van der Waals surface area contributed by atoms with Gasteiger partial charge in [-0.05, 0) is 32.9 Å². The zero-order valence-electron chi connectivity index (χ0n) is 15.0. The van der Waals surface area contributed by atoms with Crippen molar-refractivity contribution in [2.24, 2.45) is 5.92 Å². The van der Waals surface area contributed by atoms with Gasteiger partial charge in [0.1, 0.15) is 5.82 Å². The maximum absolute atomic E-state index is 12.5. The Morgan fingerprint density at radius 3 is 2.70 bits per heavy atom. The summed E-state index contributed by atoms with van der Waals surface area (Å²) in [5.74, 6) is 2.47. The van der Waals surface area contributed by atoms with E-state index in [4.69, 9.17) is 0 Å². The van der Waals surface area contributed by atoms with Crippen molar-refractivity contribution in [3.8, 4) is 0 Å². The zero-order valence-corrected chi connectivity index (χ0v) is 15.0. The average molecular weight is 322 g/mol. The minimum absolute atomic E-state index is 0.0483. The van der Waals surface area contributed by atoms with Gasteiger partial charge in [-0.15, -0.1) is 10.2 Å². The first kappa shape index (κ1) is 17.7. The normalized spacial score (nSPS) is 15.1. The molecule has 0 fully saturated rings. The molecule has 1 aliphatic heterocycles. The van der Waals surface area contributed by atoms with Gasteiger partial charge in [0.15, 0.2) is 5.82 Å². The van der Waals surface area contributed by atoms with Crippen LogP contribution in [-0.4, -0.2) is 64.3 Å². The Morgan fingerprint density at radius 2 is 2.04 bits per heavy atom. The van der Waals surface area contributed by atoms with Crippen LogP contribution in [0.1, 0.15) is 38.3 Å². The average Bonchev–Trinajstić information content (AvgIpc) is 3.01. The molecule has 7 nitrogen and oxygen atoms in total. The third kappa shape index (κ3) is 4.92. The molecule has 0 radical (unpaired) electrons. The molecule has 2 rings (SSSR count). The zero-order chi connectivity index (χ0) is 17.0. The lowest BCUT2D eigenvalue weighted by Gasteiger charge is -2.26. The highest BCUT2D eigenvalue weighted by molar-refractivity contribution is 5.74. The molecule has 1 aromatic rings. The Hall–Kier alpha value is -1.63. The smallest absolute Gasteiger partial charge is 0.317 e. The minimum Gasteiger partial charge on any atom is -0.334 e. The van der Waals surface area contributed by atoms with Crippen LogP contribution in [0.2, 0.25) is 0 Å². The lowest BCUT2D eigenvalue weighted by molar-refractivity contribution is 0.194. The van der Waals surface area contributed by atoms with Crippen LogP contribution in [0.4, 0.5) is 4.79 Å². The number of carbonyl (C=O) groups is 1. The van der Waals surface area contributed by atoms with Crippen molar-refractivity contribution in [3.63, 3.8) is 0 Å². The molecule has 1 N–H and O–H groups in total. The predicted molar refractivity (Wildman–Crippen MR) is 90.1 cm³/mol. The van der Waals surface area contributed by atoms with Gasteiger partial charge < -0.3 is 19.7 Å². The Morgan fingerprint density at radius 1 is 1.30 bits per heavy atom. The van der Waals surface area contributed by atoms with Gasteiger partial charge in [0.25, 0.3) is 0 Å². The summed E-state index contributed by atoms with van der Waals surface area (Å²) in [5.41, 5.74) is 0. The molecule has 1 aromatic heterocycles. The van der Waals surface area contributed by atoms with Crippen LogP contribution in [-0.2, 0) is 19.5 Å². The maximum Gasteiger partial charge on any atom is 0.317 e. The molecular weight excluding hydrogens is 292 g/mol. The second-order valence-electron chi connectivity index (χ2n) is 7.18. The topological polar surface area (TPSA) is 66.3 Å². The molecule has 0 aromatic carbocycles. The van der Waals surface area contributed by atoms with Gasteiger partial charge in [-0.1, -0.05) is 13.8 Å². The van der Waals surface area contributed by atoms with E-state index in [0.29, 0.717) is 12.5 Å². The van der Waals surface area contributed by atoms with Crippen molar-refractivity contribution in [1.82, 2.24) is 29.9 Å². The number of urea groups is 1. The summed E-state index contributed by atoms with van der Waals surface area (Å²) in [6, 6.07) is 0.108. The van der Waals surface area contributed by atoms with Crippen molar-refractivity contribution < 1.29 is 4.79 Å². The van der Waals surface area contributed by atoms with Gasteiger partial charge in [0.2, 0.25) is 0 Å². The predicted octanol–water partition coefficient (Wildman–Crippen LogP) is 1.34. The number of fused-ring (bicyclic) bond motifs is 1. The summed E-state index contributed by atoms with van der Waals surface area (Å²) in [7, 11) is 5.87. The van der Waals surface area contributed by atoms with Crippen molar-refractivity contribution in [2.45, 2.75) is 52.2 Å². The van der Waals surface area contributed by atoms with Gasteiger partial charge in [-0.3, -0.25) is 0 Å². The van der Waals surface area contributed by atoms with Crippen molar-refractivity contribution in [2.75, 3.05) is 27.7 Å². The van der Waals surface area contributed by atoms with E-state index in [-0.39, 0.29) is 12.1 Å². The van der Waals surface area contributed by atoms with Gasteiger partial charge in [-0.25, -0.2) is 4.79 Å². The van der Waals surface area contributed by atoms with Gasteiger partial charge >= 0.3 is 6.03 Å². The monoisotopic (exact) mass is 322 g/mol. The van der Waals surface area contributed by atoms with Crippen molar-refractivity contribution in [3.05, 3.63) is 11.6 Å². The molecule has 0 spiro atoms. The molecule has 0 aliphatic carbocycles. The van der Waals surface area contributed by atoms with E-state index in [9.17, 15) is 4.79 Å². The number of aromatic nitrogens is 3. The first-order valence-corrected chi connectivity index (χ1v) is 8.44. The first-order chi connectivity index (χ1) is 10.9. The van der Waals surface area contributed by atoms with E-state index in [1.165, 1.54) is 0 Å². The lowest BCUT2D eigenvalue weighted by Crippen LogP contribution is -2.47. The second kappa shape index (κ2) is 7.77. The van der Waals surface area contributed by atoms with Crippen LogP contribution < -0.4 is 5.32 Å². The molecule has 0 saturated carbocycles. The van der Waals surface area contributed by atoms with Crippen LogP contribution in [0.5, 0.6) is 0 Å². The summed E-state index contributed by atoms with van der Waals surface area (Å²) >= 11 is 0. The molecule has 1 atom stereocenters. The molecule has 7 heteroatoms. The third-order valence-corrected chi connectivity index (χ3v) is 4.08. The maximum atomic E-state index is 12.5. The van der Waals surface area contributed by atoms with E-state index >= 15 is 0 Å². The number of nitrogens with one attached hydrogen (secondary N) is 1. The molecule has 0 bridgehead atoms. The molecule has 130 valence electrons. The standard InChI is InChI=1S/C16H30N6O/c1-12(2)9-13(10-20(3)4)17-16(23)21(5)11-15-19-18-14-7-6-8-22(14)15/h12-13H,6-11H2,1-5H3,(H,17,23)/t13-/m1/s1. The number of aryl methyl sites for hydroxylation is 1. The summed E-state index contributed by atoms with van der Waals surface area (Å²) in [6.45, 7) is 6.66. The van der Waals surface area contributed by atoms with Crippen LogP contribution in [0.3, 0.4) is 0 Å². The number of rotatable bonds is 7. The quantitative estimate of drug-likeness (QED) is 0.823. The van der Waals surface area contributed by atoms with Crippen LogP contribution in [0, 0.1) is 5.92 Å². The van der Waals surface area contributed by atoms with Crippen LogP contribution in [0.25, 0.3) is 0 Å². The Balaban J connectivity index is 1.92. The van der Waals surface area contributed by atoms with E-state index in [0.717, 1.165) is 44.0 Å². The van der Waals surface area contributed by atoms with Crippen molar-refractivity contribution >= 4 is 6.03 Å². The number of hydrogen-bond donors (Lipinski definition) is 1. The largest absolute Gasteiger partial charge is 0.334 e. The highest BCUT2D eigenvalue weighted by Gasteiger charge is 2.21. The highest BCUT2D eigenvalue weighted by atomic mass is 16.2. The number of amides is 2. The Kier molecular flexibility index (Phi) is 5.98. The van der Waals surface area contributed by atoms with Crippen molar-refractivity contribution in [1.29, 1.82) is 0 Å². The van der Waals surface area contributed by atoms with E-state index in [1.807, 2.05) is 21.1 Å². The molecule has 0 unspecified atom stereocenters. The van der Waals surface area contributed by atoms with Gasteiger partial charge in [0, 0.05) is 32.6 Å². The molecular formula is C16H30N6O.